The third-order valence-corrected chi connectivity index (χ3v) is 4.62. The zero-order valence-electron chi connectivity index (χ0n) is 13.8. The summed E-state index contributed by atoms with van der Waals surface area (Å²) >= 11 is 1.41. The highest BCUT2D eigenvalue weighted by Gasteiger charge is 2.25. The van der Waals surface area contributed by atoms with E-state index >= 15 is 0 Å². The summed E-state index contributed by atoms with van der Waals surface area (Å²) in [5, 5.41) is 9.14. The average Bonchev–Trinajstić information content (AvgIpc) is 2.60. The van der Waals surface area contributed by atoms with Gasteiger partial charge in [0.1, 0.15) is 5.03 Å². The maximum Gasteiger partial charge on any atom is 0.233 e. The molecule has 1 saturated heterocycles. The fraction of sp³-hybridized carbons (Fsp3) is 0.412. The van der Waals surface area contributed by atoms with Crippen LogP contribution < -0.4 is 0 Å². The minimum atomic E-state index is 0.0845. The monoisotopic (exact) mass is 344 g/mol. The van der Waals surface area contributed by atoms with Crippen molar-refractivity contribution >= 4 is 17.7 Å². The molecule has 0 bridgehead atoms. The maximum atomic E-state index is 12.3. The molecule has 126 valence electrons. The molecule has 0 radical (unpaired) electrons. The summed E-state index contributed by atoms with van der Waals surface area (Å²) in [4.78, 5) is 18.3. The van der Waals surface area contributed by atoms with Crippen LogP contribution in [0.4, 0.5) is 0 Å². The molecule has 2 aromatic rings. The van der Waals surface area contributed by atoms with E-state index in [2.05, 4.69) is 15.2 Å². The molecule has 6 nitrogen and oxygen atoms in total. The Morgan fingerprint density at radius 3 is 2.67 bits per heavy atom. The number of thioether (sulfide) groups is 1. The number of morpholine rings is 1. The lowest BCUT2D eigenvalue weighted by Crippen LogP contribution is -2.48. The minimum absolute atomic E-state index is 0.0845. The predicted molar refractivity (Wildman–Crippen MR) is 92.6 cm³/mol. The summed E-state index contributed by atoms with van der Waals surface area (Å²) in [7, 11) is 0. The Morgan fingerprint density at radius 2 is 2.04 bits per heavy atom. The van der Waals surface area contributed by atoms with Crippen LogP contribution in [0.5, 0.6) is 0 Å². The van der Waals surface area contributed by atoms with Crippen molar-refractivity contribution in [1.29, 1.82) is 0 Å². The Balaban J connectivity index is 1.56. The summed E-state index contributed by atoms with van der Waals surface area (Å²) in [6.07, 6.45) is 3.64. The van der Waals surface area contributed by atoms with E-state index in [-0.39, 0.29) is 18.1 Å². The molecule has 1 aliphatic rings. The number of amides is 1. The van der Waals surface area contributed by atoms with Gasteiger partial charge in [0, 0.05) is 31.0 Å². The van der Waals surface area contributed by atoms with Crippen molar-refractivity contribution in [3.63, 3.8) is 0 Å². The summed E-state index contributed by atoms with van der Waals surface area (Å²) < 4.78 is 5.66. The van der Waals surface area contributed by atoms with E-state index < -0.39 is 0 Å². The highest BCUT2D eigenvalue weighted by Crippen LogP contribution is 2.20. The molecular weight excluding hydrogens is 324 g/mol. The van der Waals surface area contributed by atoms with Crippen LogP contribution in [-0.2, 0) is 9.53 Å². The smallest absolute Gasteiger partial charge is 0.233 e. The Hall–Kier alpha value is -1.99. The zero-order valence-corrected chi connectivity index (χ0v) is 14.6. The normalized spacial score (nSPS) is 20.8. The number of hydrogen-bond donors (Lipinski definition) is 0. The van der Waals surface area contributed by atoms with E-state index in [4.69, 9.17) is 4.74 Å². The molecule has 3 rings (SSSR count). The van der Waals surface area contributed by atoms with E-state index in [0.29, 0.717) is 18.8 Å². The van der Waals surface area contributed by atoms with Crippen molar-refractivity contribution in [3.05, 3.63) is 36.7 Å². The Labute approximate surface area is 145 Å². The van der Waals surface area contributed by atoms with Crippen molar-refractivity contribution in [2.75, 3.05) is 18.8 Å². The molecule has 2 aromatic heterocycles. The van der Waals surface area contributed by atoms with Gasteiger partial charge in [0.15, 0.2) is 0 Å². The van der Waals surface area contributed by atoms with E-state index in [1.807, 2.05) is 43.0 Å². The number of rotatable bonds is 4. The van der Waals surface area contributed by atoms with Crippen LogP contribution in [0.1, 0.15) is 13.8 Å². The van der Waals surface area contributed by atoms with Crippen LogP contribution >= 0.6 is 11.8 Å². The number of hydrogen-bond acceptors (Lipinski definition) is 6. The number of pyridine rings is 1. The van der Waals surface area contributed by atoms with Gasteiger partial charge in [-0.1, -0.05) is 11.8 Å². The van der Waals surface area contributed by atoms with Crippen molar-refractivity contribution in [2.45, 2.75) is 31.1 Å². The molecule has 7 heteroatoms. The van der Waals surface area contributed by atoms with Crippen LogP contribution in [0.25, 0.3) is 11.3 Å². The minimum Gasteiger partial charge on any atom is -0.372 e. The molecule has 2 unspecified atom stereocenters. The quantitative estimate of drug-likeness (QED) is 0.793. The first-order valence-corrected chi connectivity index (χ1v) is 8.90. The Morgan fingerprint density at radius 1 is 1.25 bits per heavy atom. The van der Waals surface area contributed by atoms with Crippen molar-refractivity contribution in [2.24, 2.45) is 0 Å². The number of nitrogens with zero attached hydrogens (tertiary/aromatic N) is 4. The second-order valence-corrected chi connectivity index (χ2v) is 6.84. The van der Waals surface area contributed by atoms with Crippen LogP contribution in [-0.4, -0.2) is 57.0 Å². The lowest BCUT2D eigenvalue weighted by molar-refractivity contribution is -0.140. The lowest BCUT2D eigenvalue weighted by atomic mass is 10.2. The van der Waals surface area contributed by atoms with Crippen LogP contribution in [0, 0.1) is 0 Å². The van der Waals surface area contributed by atoms with Gasteiger partial charge < -0.3 is 9.64 Å². The average molecular weight is 344 g/mol. The molecule has 1 aliphatic heterocycles. The molecular formula is C17H20N4O2S. The van der Waals surface area contributed by atoms with Gasteiger partial charge in [0.05, 0.1) is 23.7 Å². The largest absolute Gasteiger partial charge is 0.372 e. The van der Waals surface area contributed by atoms with Crippen molar-refractivity contribution < 1.29 is 9.53 Å². The molecule has 0 spiro atoms. The van der Waals surface area contributed by atoms with Gasteiger partial charge in [-0.15, -0.1) is 10.2 Å². The molecule has 1 fully saturated rings. The predicted octanol–water partition coefficient (Wildman–Crippen LogP) is 2.27. The first-order chi connectivity index (χ1) is 11.6. The Bertz CT molecular complexity index is 671. The topological polar surface area (TPSA) is 68.2 Å². The van der Waals surface area contributed by atoms with E-state index in [0.717, 1.165) is 16.3 Å². The van der Waals surface area contributed by atoms with Gasteiger partial charge >= 0.3 is 0 Å². The summed E-state index contributed by atoms with van der Waals surface area (Å²) in [6, 6.07) is 7.59. The number of carbonyl (C=O) groups excluding carboxylic acids is 1. The molecule has 0 aromatic carbocycles. The third-order valence-electron chi connectivity index (χ3n) is 3.71. The summed E-state index contributed by atoms with van der Waals surface area (Å²) in [6.45, 7) is 5.28. The molecule has 0 aliphatic carbocycles. The first kappa shape index (κ1) is 16.9. The van der Waals surface area contributed by atoms with Crippen LogP contribution in [0.15, 0.2) is 41.7 Å². The van der Waals surface area contributed by atoms with E-state index in [1.165, 1.54) is 11.8 Å². The molecule has 1 amide bonds. The molecule has 3 heterocycles. The lowest BCUT2D eigenvalue weighted by Gasteiger charge is -2.35. The molecule has 0 N–H and O–H groups in total. The van der Waals surface area contributed by atoms with Crippen LogP contribution in [0.3, 0.4) is 0 Å². The highest BCUT2D eigenvalue weighted by molar-refractivity contribution is 7.99. The highest BCUT2D eigenvalue weighted by atomic mass is 32.2. The van der Waals surface area contributed by atoms with Gasteiger partial charge in [0.25, 0.3) is 0 Å². The van der Waals surface area contributed by atoms with Gasteiger partial charge in [-0.3, -0.25) is 9.78 Å². The fourth-order valence-electron chi connectivity index (χ4n) is 2.67. The third kappa shape index (κ3) is 4.30. The standard InChI is InChI=1S/C17H20N4O2S/c1-12-9-21(10-13(2)23-12)17(22)11-24-16-6-5-15(19-20-16)14-4-3-7-18-8-14/h3-8,12-13H,9-11H2,1-2H3. The van der Waals surface area contributed by atoms with Gasteiger partial charge in [-0.25, -0.2) is 0 Å². The second kappa shape index (κ2) is 7.72. The fourth-order valence-corrected chi connectivity index (χ4v) is 3.39. The van der Waals surface area contributed by atoms with Crippen molar-refractivity contribution in [1.82, 2.24) is 20.1 Å². The molecule has 24 heavy (non-hydrogen) atoms. The summed E-state index contributed by atoms with van der Waals surface area (Å²) in [5.74, 6) is 0.473. The Kier molecular flexibility index (Phi) is 5.42. The molecule has 0 saturated carbocycles. The van der Waals surface area contributed by atoms with Gasteiger partial charge in [-0.2, -0.15) is 0 Å². The number of aromatic nitrogens is 3. The van der Waals surface area contributed by atoms with Crippen LogP contribution in [0.2, 0.25) is 0 Å². The van der Waals surface area contributed by atoms with E-state index in [9.17, 15) is 4.79 Å². The van der Waals surface area contributed by atoms with E-state index in [1.54, 1.807) is 12.4 Å². The second-order valence-electron chi connectivity index (χ2n) is 5.84. The number of carbonyl (C=O) groups is 1. The molecule has 2 atom stereocenters. The zero-order chi connectivity index (χ0) is 16.9. The SMILES string of the molecule is CC1CN(C(=O)CSc2ccc(-c3cccnc3)nn2)CC(C)O1. The van der Waals surface area contributed by atoms with Gasteiger partial charge in [0.2, 0.25) is 5.91 Å². The summed E-state index contributed by atoms with van der Waals surface area (Å²) in [5.41, 5.74) is 1.70. The van der Waals surface area contributed by atoms with Gasteiger partial charge in [-0.05, 0) is 38.1 Å². The van der Waals surface area contributed by atoms with Crippen molar-refractivity contribution in [3.8, 4) is 11.3 Å². The maximum absolute atomic E-state index is 12.3. The first-order valence-electron chi connectivity index (χ1n) is 7.92. The number of ether oxygens (including phenoxy) is 1.